The number of unbranched alkanes of at least 4 members (excludes halogenated alkanes) is 6. The Bertz CT molecular complexity index is 3820. The van der Waals surface area contributed by atoms with Crippen LogP contribution >= 0.6 is 11.8 Å². The lowest BCUT2D eigenvalue weighted by atomic mass is 9.90. The molecule has 9 rings (SSSR count). The second-order valence-corrected chi connectivity index (χ2v) is 25.3. The van der Waals surface area contributed by atoms with Crippen LogP contribution in [-0.4, -0.2) is 168 Å². The average molecular weight is 1370 g/mol. The van der Waals surface area contributed by atoms with E-state index in [4.69, 9.17) is 33.8 Å². The molecule has 1 unspecified atom stereocenters. The molecule has 2 aromatic heterocycles. The highest BCUT2D eigenvalue weighted by molar-refractivity contribution is 8.00. The van der Waals surface area contributed by atoms with E-state index in [0.717, 1.165) is 36.1 Å². The number of nitrogen functional groups attached to an aromatic ring is 1. The summed E-state index contributed by atoms with van der Waals surface area (Å²) in [5.74, 6) is 0.505. The Morgan fingerprint density at radius 3 is 2.07 bits per heavy atom. The van der Waals surface area contributed by atoms with Gasteiger partial charge in [-0.1, -0.05) is 49.6 Å². The summed E-state index contributed by atoms with van der Waals surface area (Å²) in [5.41, 5.74) is 11.1. The number of hydrogen-bond acceptors (Lipinski definition) is 20. The number of fused-ring (bicyclic) bond motifs is 4. The van der Waals surface area contributed by atoms with Crippen LogP contribution in [0.15, 0.2) is 94.4 Å². The first kappa shape index (κ1) is 73.0. The van der Waals surface area contributed by atoms with Crippen molar-refractivity contribution in [3.8, 4) is 34.1 Å². The zero-order valence-corrected chi connectivity index (χ0v) is 55.8. The van der Waals surface area contributed by atoms with Gasteiger partial charge in [-0.05, 0) is 111 Å². The van der Waals surface area contributed by atoms with Crippen LogP contribution in [0, 0.1) is 0 Å². The van der Waals surface area contributed by atoms with Crippen LogP contribution in [-0.2, 0) is 51.3 Å². The first-order chi connectivity index (χ1) is 47.8. The Morgan fingerprint density at radius 1 is 0.673 bits per heavy atom. The topological polar surface area (TPSA) is 381 Å². The molecule has 27 nitrogen and oxygen atoms in total. The number of benzene rings is 4. The van der Waals surface area contributed by atoms with Crippen LogP contribution < -0.4 is 53.1 Å². The largest absolute Gasteiger partial charge is 0.508 e. The molecule has 4 aliphatic rings. The first-order valence-corrected chi connectivity index (χ1v) is 34.7. The molecule has 0 spiro atoms. The molecule has 5 heterocycles. The molecule has 0 radical (unpaired) electrons. The molecule has 3 aliphatic heterocycles. The van der Waals surface area contributed by atoms with Gasteiger partial charge in [0.2, 0.25) is 35.5 Å². The molecule has 98 heavy (non-hydrogen) atoms. The molecule has 0 bridgehead atoms. The van der Waals surface area contributed by atoms with Gasteiger partial charge < -0.3 is 81.1 Å². The summed E-state index contributed by atoms with van der Waals surface area (Å²) in [6.45, 7) is 4.59. The number of carbonyl (C=O) groups is 7. The van der Waals surface area contributed by atoms with Gasteiger partial charge in [-0.25, -0.2) is 9.78 Å². The quantitative estimate of drug-likeness (QED) is 0.00816. The van der Waals surface area contributed by atoms with Gasteiger partial charge in [0.25, 0.3) is 5.91 Å². The van der Waals surface area contributed by atoms with Gasteiger partial charge >= 0.3 is 6.03 Å². The number of thioether (sulfide) groups is 1. The molecule has 5 aromatic rings. The Morgan fingerprint density at radius 2 is 1.34 bits per heavy atom. The maximum atomic E-state index is 13.5. The van der Waals surface area contributed by atoms with E-state index in [-0.39, 0.29) is 114 Å². The minimum atomic E-state index is -0.800. The zero-order chi connectivity index (χ0) is 68.9. The Labute approximate surface area is 571 Å². The summed E-state index contributed by atoms with van der Waals surface area (Å²) in [5, 5.41) is 31.7. The van der Waals surface area contributed by atoms with Gasteiger partial charge in [-0.2, -0.15) is 21.7 Å². The number of amides is 7. The SMILES string of the molecule is Nc1nc(OCc2ccc(COCCOCCOCCOCCNC(=O)C(CCCCNC(=O)CCCCCNC(=O)c3ccc(-c4c5ccc(=O)cc-5oc5cc(O)ccc45)c(C=O)c3)NC(=O)CCCCCNC(=O)CCCC[C@H]3SC[C@H]4NC(=O)N[C@H]43)cc2)c2[nH]cnc2n1. The predicted molar refractivity (Wildman–Crippen MR) is 369 cm³/mol. The van der Waals surface area contributed by atoms with Crippen molar-refractivity contribution in [2.24, 2.45) is 0 Å². The minimum Gasteiger partial charge on any atom is -0.508 e. The van der Waals surface area contributed by atoms with E-state index in [2.05, 4.69) is 57.2 Å². The molecule has 7 amide bonds. The number of rotatable bonds is 44. The zero-order valence-electron chi connectivity index (χ0n) is 55.0. The second-order valence-electron chi connectivity index (χ2n) is 24.1. The number of carbonyl (C=O) groups excluding carboxylic acids is 7. The number of aromatic hydroxyl groups is 1. The number of nitrogens with zero attached hydrogens (tertiary/aromatic N) is 3. The number of H-pyrrole nitrogens is 1. The van der Waals surface area contributed by atoms with Crippen LogP contribution in [0.1, 0.15) is 128 Å². The number of aromatic amines is 1. The van der Waals surface area contributed by atoms with Crippen LogP contribution in [0.5, 0.6) is 11.6 Å². The highest BCUT2D eigenvalue weighted by Crippen LogP contribution is 2.42. The van der Waals surface area contributed by atoms with Gasteiger partial charge in [-0.15, -0.1) is 0 Å². The highest BCUT2D eigenvalue weighted by atomic mass is 32.2. The standard InChI is InChI=1S/C70H88N12O15S/c71-69-81-65-64(76-44-77-65)68(82-69)96-42-46-18-16-45(17-19-46)41-95-36-35-94-34-33-93-32-31-92-30-29-75-67(90)54(78-61(88)15-4-2-8-26-72-60(87)14-6-5-12-58-63-55(43-98-58)79-70(91)80-63)11-7-10-27-73-59(86)13-3-1-9-28-74-66(89)47-20-23-51(48(37-47)40-83)62-52-24-21-49(84)38-56(52)97-57-39-50(85)22-25-53(57)62/h16-25,37-40,44,54-55,58,63,84H,1-15,26-36,41-43H2,(H,72,87)(H,73,86)(H,74,89)(H,75,90)(H,78,88)(H2,79,80,91)(H3,71,76,77,81,82)/t54?,55-,58-,63-/m1/s1. The monoisotopic (exact) mass is 1370 g/mol. The Balaban J connectivity index is 0.615. The van der Waals surface area contributed by atoms with E-state index in [0.29, 0.717) is 186 Å². The summed E-state index contributed by atoms with van der Waals surface area (Å²) in [6.07, 6.45) is 11.1. The number of nitrogens with one attached hydrogen (secondary N) is 8. The van der Waals surface area contributed by atoms with Gasteiger partial charge in [-0.3, -0.25) is 33.6 Å². The van der Waals surface area contributed by atoms with Crippen molar-refractivity contribution in [1.82, 2.24) is 57.2 Å². The number of nitrogens with two attached hydrogens (primary N) is 1. The number of phenols is 1. The van der Waals surface area contributed by atoms with Crippen molar-refractivity contribution < 1.29 is 66.8 Å². The minimum absolute atomic E-state index is 0.000107. The van der Waals surface area contributed by atoms with Crippen molar-refractivity contribution in [2.75, 3.05) is 83.9 Å². The molecule has 3 aromatic carbocycles. The molecule has 2 fully saturated rings. The number of aldehydes is 1. The van der Waals surface area contributed by atoms with Gasteiger partial charge in [0.15, 0.2) is 17.4 Å². The van der Waals surface area contributed by atoms with E-state index in [1.807, 2.05) is 36.0 Å². The number of aromatic nitrogens is 4. The molecule has 524 valence electrons. The Hall–Kier alpha value is -9.22. The lowest BCUT2D eigenvalue weighted by Gasteiger charge is -2.19. The summed E-state index contributed by atoms with van der Waals surface area (Å²) in [6, 6.07) is 21.1. The highest BCUT2D eigenvalue weighted by Gasteiger charge is 2.42. The fraction of sp³-hybridized carbons (Fsp3) is 0.471. The number of phenolic OH excluding ortho intramolecular Hbond substituents is 1. The third-order valence-corrected chi connectivity index (χ3v) is 18.2. The lowest BCUT2D eigenvalue weighted by Crippen LogP contribution is -2.47. The van der Waals surface area contributed by atoms with Crippen LogP contribution in [0.4, 0.5) is 10.7 Å². The Kier molecular flexibility index (Phi) is 28.8. The fourth-order valence-corrected chi connectivity index (χ4v) is 13.1. The molecule has 4 atom stereocenters. The normalized spacial score (nSPS) is 15.1. The summed E-state index contributed by atoms with van der Waals surface area (Å²) in [7, 11) is 0. The number of hydrogen-bond donors (Lipinski definition) is 10. The number of anilines is 1. The van der Waals surface area contributed by atoms with Crippen molar-refractivity contribution in [3.63, 3.8) is 0 Å². The van der Waals surface area contributed by atoms with Crippen LogP contribution in [0.2, 0.25) is 0 Å². The van der Waals surface area contributed by atoms with Crippen molar-refractivity contribution in [1.29, 1.82) is 0 Å². The van der Waals surface area contributed by atoms with Crippen molar-refractivity contribution in [3.05, 3.63) is 118 Å². The van der Waals surface area contributed by atoms with Gasteiger partial charge in [0, 0.05) is 96.2 Å². The number of imidazole rings is 1. The van der Waals surface area contributed by atoms with Crippen LogP contribution in [0.25, 0.3) is 44.6 Å². The molecule has 2 saturated heterocycles. The lowest BCUT2D eigenvalue weighted by molar-refractivity contribution is -0.129. The van der Waals surface area contributed by atoms with Crippen molar-refractivity contribution >= 4 is 81.7 Å². The molecule has 28 heteroatoms. The average Bonchev–Trinajstić information content (AvgIpc) is 0.971. The summed E-state index contributed by atoms with van der Waals surface area (Å²) in [4.78, 5) is 117. The van der Waals surface area contributed by atoms with Gasteiger partial charge in [0.05, 0.1) is 71.3 Å². The third kappa shape index (κ3) is 22.7. The van der Waals surface area contributed by atoms with E-state index >= 15 is 0 Å². The third-order valence-electron chi connectivity index (χ3n) is 16.7. The smallest absolute Gasteiger partial charge is 0.315 e. The number of ether oxygens (including phenoxy) is 5. The molecule has 1 aliphatic carbocycles. The molecular formula is C70H88N12O15S. The maximum absolute atomic E-state index is 13.5. The predicted octanol–water partition coefficient (Wildman–Crippen LogP) is 6.76. The summed E-state index contributed by atoms with van der Waals surface area (Å²) >= 11 is 1.87. The van der Waals surface area contributed by atoms with Gasteiger partial charge in [0.1, 0.15) is 35.3 Å². The maximum Gasteiger partial charge on any atom is 0.315 e. The first-order valence-electron chi connectivity index (χ1n) is 33.6. The second kappa shape index (κ2) is 38.7. The van der Waals surface area contributed by atoms with E-state index in [1.165, 1.54) is 36.7 Å². The molecular weight excluding hydrogens is 1280 g/mol. The summed E-state index contributed by atoms with van der Waals surface area (Å²) < 4.78 is 34.5. The van der Waals surface area contributed by atoms with Crippen molar-refractivity contribution in [2.45, 2.75) is 133 Å². The van der Waals surface area contributed by atoms with E-state index in [1.54, 1.807) is 24.3 Å². The fourth-order valence-electron chi connectivity index (χ4n) is 11.6. The van der Waals surface area contributed by atoms with E-state index in [9.17, 15) is 43.5 Å². The van der Waals surface area contributed by atoms with Crippen LogP contribution in [0.3, 0.4) is 0 Å². The molecule has 0 saturated carbocycles. The number of urea groups is 1. The van der Waals surface area contributed by atoms with E-state index < -0.39 is 6.04 Å². The molecule has 11 N–H and O–H groups in total.